The molecule has 2 aliphatic heterocycles. The van der Waals surface area contributed by atoms with E-state index < -0.39 is 11.9 Å². The van der Waals surface area contributed by atoms with Crippen LogP contribution < -0.4 is 0 Å². The Morgan fingerprint density at radius 2 is 1.22 bits per heavy atom. The molecule has 2 heterocycles. The number of hydroxylamine groups is 4. The van der Waals surface area contributed by atoms with Crippen LogP contribution in [0.3, 0.4) is 0 Å². The predicted molar refractivity (Wildman–Crippen MR) is 76.5 cm³/mol. The fourth-order valence-corrected chi connectivity index (χ4v) is 2.16. The fourth-order valence-electron chi connectivity index (χ4n) is 2.16. The molecule has 2 amide bonds. The minimum absolute atomic E-state index is 0.0545. The standard InChI is InChI=1S/C15H18N2O6/c1-10-6-8-12(18)16(10)22-14(20)4-3-5-15(21)23-17-11(2)7-9-13(17)19/h1-9H2. The number of amides is 2. The van der Waals surface area contributed by atoms with Crippen molar-refractivity contribution in [1.29, 1.82) is 0 Å². The topological polar surface area (TPSA) is 93.2 Å². The van der Waals surface area contributed by atoms with Crippen molar-refractivity contribution in [2.45, 2.75) is 44.9 Å². The Balaban J connectivity index is 1.68. The number of rotatable bonds is 6. The Morgan fingerprint density at radius 3 is 1.52 bits per heavy atom. The number of nitrogens with zero attached hydrogens (tertiary/aromatic N) is 2. The van der Waals surface area contributed by atoms with Crippen molar-refractivity contribution in [2.75, 3.05) is 0 Å². The summed E-state index contributed by atoms with van der Waals surface area (Å²) in [6, 6.07) is 0. The second kappa shape index (κ2) is 7.08. The quantitative estimate of drug-likeness (QED) is 0.732. The third kappa shape index (κ3) is 4.18. The van der Waals surface area contributed by atoms with Crippen LogP contribution >= 0.6 is 0 Å². The van der Waals surface area contributed by atoms with Gasteiger partial charge in [0.15, 0.2) is 0 Å². The van der Waals surface area contributed by atoms with Gasteiger partial charge in [-0.3, -0.25) is 9.59 Å². The third-order valence-electron chi connectivity index (χ3n) is 3.43. The maximum atomic E-state index is 11.6. The first-order valence-electron chi connectivity index (χ1n) is 7.31. The third-order valence-corrected chi connectivity index (χ3v) is 3.43. The van der Waals surface area contributed by atoms with Gasteiger partial charge in [0.05, 0.1) is 11.4 Å². The van der Waals surface area contributed by atoms with Gasteiger partial charge in [0.1, 0.15) is 0 Å². The summed E-state index contributed by atoms with van der Waals surface area (Å²) in [5.41, 5.74) is 0.877. The van der Waals surface area contributed by atoms with Gasteiger partial charge < -0.3 is 9.68 Å². The first-order valence-corrected chi connectivity index (χ1v) is 7.31. The van der Waals surface area contributed by atoms with Crippen LogP contribution in [-0.2, 0) is 28.9 Å². The van der Waals surface area contributed by atoms with Crippen molar-refractivity contribution in [3.05, 3.63) is 24.6 Å². The number of hydrogen-bond acceptors (Lipinski definition) is 6. The Hall–Kier alpha value is -2.64. The highest BCUT2D eigenvalue weighted by atomic mass is 16.7. The molecule has 0 aromatic heterocycles. The number of carbonyl (C=O) groups is 4. The molecule has 0 unspecified atom stereocenters. The van der Waals surface area contributed by atoms with Crippen molar-refractivity contribution in [3.8, 4) is 0 Å². The Bertz CT molecular complexity index is 501. The molecule has 0 spiro atoms. The lowest BCUT2D eigenvalue weighted by atomic mass is 10.2. The van der Waals surface area contributed by atoms with E-state index in [1.165, 1.54) is 0 Å². The van der Waals surface area contributed by atoms with Crippen LogP contribution in [0.2, 0.25) is 0 Å². The van der Waals surface area contributed by atoms with Crippen molar-refractivity contribution in [1.82, 2.24) is 10.1 Å². The van der Waals surface area contributed by atoms with Crippen LogP contribution in [-0.4, -0.2) is 33.9 Å². The van der Waals surface area contributed by atoms with Gasteiger partial charge in [-0.25, -0.2) is 9.59 Å². The van der Waals surface area contributed by atoms with Gasteiger partial charge in [-0.1, -0.05) is 13.2 Å². The number of carbonyl (C=O) groups excluding carboxylic acids is 4. The molecule has 0 radical (unpaired) electrons. The predicted octanol–water partition coefficient (Wildman–Crippen LogP) is 1.35. The van der Waals surface area contributed by atoms with Crippen LogP contribution in [0, 0.1) is 0 Å². The van der Waals surface area contributed by atoms with Crippen LogP contribution in [0.15, 0.2) is 24.6 Å². The molecule has 0 aliphatic carbocycles. The SMILES string of the molecule is C=C1CCC(=O)N1OC(=O)CCCC(=O)ON1C(=C)CCC1=O. The van der Waals surface area contributed by atoms with Crippen LogP contribution in [0.25, 0.3) is 0 Å². The molecule has 0 aromatic carbocycles. The van der Waals surface area contributed by atoms with E-state index in [9.17, 15) is 19.2 Å². The van der Waals surface area contributed by atoms with Crippen molar-refractivity contribution < 1.29 is 28.9 Å². The second-order valence-electron chi connectivity index (χ2n) is 5.29. The fraction of sp³-hybridized carbons (Fsp3) is 0.467. The van der Waals surface area contributed by atoms with Crippen molar-refractivity contribution >= 4 is 23.8 Å². The molecule has 8 heteroatoms. The zero-order valence-electron chi connectivity index (χ0n) is 12.7. The van der Waals surface area contributed by atoms with Crippen molar-refractivity contribution in [3.63, 3.8) is 0 Å². The van der Waals surface area contributed by atoms with Crippen LogP contribution in [0.4, 0.5) is 0 Å². The van der Waals surface area contributed by atoms with E-state index in [2.05, 4.69) is 13.2 Å². The van der Waals surface area contributed by atoms with E-state index in [-0.39, 0.29) is 43.9 Å². The van der Waals surface area contributed by atoms with Gasteiger partial charge in [-0.05, 0) is 19.3 Å². The summed E-state index contributed by atoms with van der Waals surface area (Å²) in [6.07, 6.45) is 1.54. The maximum absolute atomic E-state index is 11.6. The molecule has 8 nitrogen and oxygen atoms in total. The summed E-state index contributed by atoms with van der Waals surface area (Å²) in [7, 11) is 0. The van der Waals surface area contributed by atoms with Crippen LogP contribution in [0.1, 0.15) is 44.9 Å². The smallest absolute Gasteiger partial charge is 0.333 e. The first-order chi connectivity index (χ1) is 10.9. The van der Waals surface area contributed by atoms with Gasteiger partial charge in [0.2, 0.25) is 0 Å². The van der Waals surface area contributed by atoms with E-state index in [1.807, 2.05) is 0 Å². The lowest BCUT2D eigenvalue weighted by Crippen LogP contribution is -2.28. The molecule has 0 N–H and O–H groups in total. The zero-order valence-corrected chi connectivity index (χ0v) is 12.7. The molecule has 2 fully saturated rings. The summed E-state index contributed by atoms with van der Waals surface area (Å²) in [5, 5.41) is 1.79. The lowest BCUT2D eigenvalue weighted by Gasteiger charge is -2.16. The van der Waals surface area contributed by atoms with Gasteiger partial charge in [0, 0.05) is 25.7 Å². The lowest BCUT2D eigenvalue weighted by molar-refractivity contribution is -0.188. The minimum Gasteiger partial charge on any atom is -0.334 e. The Morgan fingerprint density at radius 1 is 0.826 bits per heavy atom. The normalized spacial score (nSPS) is 17.9. The molecule has 0 aromatic rings. The van der Waals surface area contributed by atoms with E-state index in [1.54, 1.807) is 0 Å². The van der Waals surface area contributed by atoms with Gasteiger partial charge in [-0.2, -0.15) is 0 Å². The molecular formula is C15H18N2O6. The van der Waals surface area contributed by atoms with Crippen LogP contribution in [0.5, 0.6) is 0 Å². The highest BCUT2D eigenvalue weighted by molar-refractivity contribution is 5.83. The molecule has 0 bridgehead atoms. The molecule has 2 aliphatic rings. The molecular weight excluding hydrogens is 304 g/mol. The largest absolute Gasteiger partial charge is 0.334 e. The molecule has 0 saturated carbocycles. The van der Waals surface area contributed by atoms with E-state index in [0.29, 0.717) is 24.2 Å². The summed E-state index contributed by atoms with van der Waals surface area (Å²) in [4.78, 5) is 55.9. The highest BCUT2D eigenvalue weighted by Gasteiger charge is 2.29. The van der Waals surface area contributed by atoms with Crippen molar-refractivity contribution in [2.24, 2.45) is 0 Å². The monoisotopic (exact) mass is 322 g/mol. The minimum atomic E-state index is -0.629. The average molecular weight is 322 g/mol. The zero-order chi connectivity index (χ0) is 17.0. The number of hydrogen-bond donors (Lipinski definition) is 0. The molecule has 23 heavy (non-hydrogen) atoms. The Kier molecular flexibility index (Phi) is 5.15. The Labute approximate surface area is 133 Å². The van der Waals surface area contributed by atoms with Gasteiger partial charge >= 0.3 is 11.9 Å². The van der Waals surface area contributed by atoms with Gasteiger partial charge in [0.25, 0.3) is 11.8 Å². The molecule has 124 valence electrons. The average Bonchev–Trinajstić information content (AvgIpc) is 2.97. The molecule has 2 saturated heterocycles. The van der Waals surface area contributed by atoms with E-state index >= 15 is 0 Å². The first kappa shape index (κ1) is 16.7. The second-order valence-corrected chi connectivity index (χ2v) is 5.29. The van der Waals surface area contributed by atoms with E-state index in [4.69, 9.17) is 9.68 Å². The van der Waals surface area contributed by atoms with Gasteiger partial charge in [-0.15, -0.1) is 10.1 Å². The summed E-state index contributed by atoms with van der Waals surface area (Å²) in [5.74, 6) is -1.88. The summed E-state index contributed by atoms with van der Waals surface area (Å²) in [6.45, 7) is 7.25. The molecule has 0 atom stereocenters. The number of allylic oxidation sites excluding steroid dienone is 2. The van der Waals surface area contributed by atoms with E-state index in [0.717, 1.165) is 10.1 Å². The highest BCUT2D eigenvalue weighted by Crippen LogP contribution is 2.22. The maximum Gasteiger partial charge on any atom is 0.333 e. The molecule has 2 rings (SSSR count). The summed E-state index contributed by atoms with van der Waals surface area (Å²) < 4.78 is 0. The summed E-state index contributed by atoms with van der Waals surface area (Å²) >= 11 is 0.